The Hall–Kier alpha value is -3.15. The minimum absolute atomic E-state index is 0.138. The van der Waals surface area contributed by atoms with Gasteiger partial charge in [-0.25, -0.2) is 24.3 Å². The van der Waals surface area contributed by atoms with E-state index in [-0.39, 0.29) is 16.1 Å². The zero-order chi connectivity index (χ0) is 19.0. The molecule has 0 saturated heterocycles. The van der Waals surface area contributed by atoms with Crippen LogP contribution in [0.5, 0.6) is 0 Å². The Labute approximate surface area is 162 Å². The van der Waals surface area contributed by atoms with Gasteiger partial charge < -0.3 is 5.32 Å². The molecule has 0 atom stereocenters. The second-order valence-corrected chi connectivity index (χ2v) is 7.03. The van der Waals surface area contributed by atoms with Gasteiger partial charge in [0.15, 0.2) is 5.82 Å². The Bertz CT molecular complexity index is 1190. The number of halogens is 2. The number of hydrogen-bond acceptors (Lipinski definition) is 7. The highest BCUT2D eigenvalue weighted by molar-refractivity contribution is 7.22. The first-order valence-corrected chi connectivity index (χ1v) is 8.95. The molecule has 0 unspecified atom stereocenters. The predicted molar refractivity (Wildman–Crippen MR) is 103 cm³/mol. The summed E-state index contributed by atoms with van der Waals surface area (Å²) in [5, 5.41) is 12.6. The highest BCUT2D eigenvalue weighted by Gasteiger charge is 2.18. The van der Waals surface area contributed by atoms with E-state index in [1.165, 1.54) is 23.7 Å². The molecule has 0 aliphatic heterocycles. The third-order valence-corrected chi connectivity index (χ3v) is 5.13. The fourth-order valence-electron chi connectivity index (χ4n) is 2.54. The van der Waals surface area contributed by atoms with Crippen molar-refractivity contribution in [2.45, 2.75) is 6.92 Å². The summed E-state index contributed by atoms with van der Waals surface area (Å²) < 4.78 is 15.2. The lowest BCUT2D eigenvalue weighted by Gasteiger charge is -2.05. The molecule has 3 aromatic heterocycles. The van der Waals surface area contributed by atoms with Crippen molar-refractivity contribution in [3.63, 3.8) is 0 Å². The summed E-state index contributed by atoms with van der Waals surface area (Å²) in [6, 6.07) is 7.98. The first kappa shape index (κ1) is 17.3. The van der Waals surface area contributed by atoms with Crippen LogP contribution in [0, 0.1) is 24.1 Å². The van der Waals surface area contributed by atoms with Gasteiger partial charge in [0.2, 0.25) is 0 Å². The Morgan fingerprint density at radius 3 is 2.81 bits per heavy atom. The van der Waals surface area contributed by atoms with Gasteiger partial charge in [0.1, 0.15) is 23.0 Å². The first-order chi connectivity index (χ1) is 13.0. The largest absolute Gasteiger partial charge is 0.324 e. The second-order valence-electron chi connectivity index (χ2n) is 5.62. The number of benzene rings is 1. The minimum atomic E-state index is -0.591. The molecule has 0 aliphatic rings. The number of fused-ring (bicyclic) bond motifs is 1. The Balaban J connectivity index is 1.81. The molecule has 0 spiro atoms. The number of thiazole rings is 1. The predicted octanol–water partition coefficient (Wildman–Crippen LogP) is 4.86. The van der Waals surface area contributed by atoms with Crippen molar-refractivity contribution < 1.29 is 4.39 Å². The fraction of sp³-hybridized carbons (Fsp3) is 0.0556. The number of nitriles is 1. The van der Waals surface area contributed by atoms with Crippen molar-refractivity contribution >= 4 is 44.8 Å². The van der Waals surface area contributed by atoms with Crippen LogP contribution in [0.25, 0.3) is 20.8 Å². The van der Waals surface area contributed by atoms with Gasteiger partial charge in [-0.2, -0.15) is 5.26 Å². The summed E-state index contributed by atoms with van der Waals surface area (Å²) in [6.45, 7) is 1.86. The summed E-state index contributed by atoms with van der Waals surface area (Å²) in [5.41, 5.74) is 1.79. The van der Waals surface area contributed by atoms with Crippen molar-refractivity contribution in [2.24, 2.45) is 0 Å². The lowest BCUT2D eigenvalue weighted by Crippen LogP contribution is -1.97. The summed E-state index contributed by atoms with van der Waals surface area (Å²) in [6.07, 6.45) is 3.07. The van der Waals surface area contributed by atoms with Crippen LogP contribution in [0.1, 0.15) is 11.3 Å². The lowest BCUT2D eigenvalue weighted by molar-refractivity contribution is 0.631. The monoisotopic (exact) mass is 396 g/mol. The minimum Gasteiger partial charge on any atom is -0.324 e. The van der Waals surface area contributed by atoms with Gasteiger partial charge in [-0.1, -0.05) is 11.6 Å². The maximum Gasteiger partial charge on any atom is 0.151 e. The van der Waals surface area contributed by atoms with Gasteiger partial charge >= 0.3 is 0 Å². The van der Waals surface area contributed by atoms with E-state index < -0.39 is 5.82 Å². The molecule has 0 saturated carbocycles. The van der Waals surface area contributed by atoms with Crippen LogP contribution in [0.3, 0.4) is 0 Å². The molecular formula is C18H10ClFN6S. The molecule has 9 heteroatoms. The number of aryl methyl sites for hydroxylation is 1. The molecule has 1 N–H and O–H groups in total. The van der Waals surface area contributed by atoms with E-state index in [4.69, 9.17) is 16.9 Å². The summed E-state index contributed by atoms with van der Waals surface area (Å²) >= 11 is 7.45. The van der Waals surface area contributed by atoms with Crippen molar-refractivity contribution in [3.8, 4) is 16.6 Å². The number of nitrogens with zero attached hydrogens (tertiary/aromatic N) is 5. The number of rotatable bonds is 3. The van der Waals surface area contributed by atoms with Crippen LogP contribution in [0.15, 0.2) is 36.8 Å². The SMILES string of the molecule is Cc1cc(Nc2nccc3nc(-c4c(F)cc(C#N)cc4Cl)sc23)ncn1. The van der Waals surface area contributed by atoms with E-state index >= 15 is 0 Å². The zero-order valence-electron chi connectivity index (χ0n) is 13.9. The number of hydrogen-bond donors (Lipinski definition) is 1. The van der Waals surface area contributed by atoms with Crippen LogP contribution in [0.4, 0.5) is 16.0 Å². The number of aromatic nitrogens is 4. The number of nitrogens with one attached hydrogen (secondary N) is 1. The lowest BCUT2D eigenvalue weighted by atomic mass is 10.1. The molecule has 0 bridgehead atoms. The average molecular weight is 397 g/mol. The molecule has 6 nitrogen and oxygen atoms in total. The van der Waals surface area contributed by atoms with E-state index in [2.05, 4.69) is 25.3 Å². The van der Waals surface area contributed by atoms with Crippen LogP contribution < -0.4 is 5.32 Å². The summed E-state index contributed by atoms with van der Waals surface area (Å²) in [4.78, 5) is 17.0. The molecule has 0 fully saturated rings. The van der Waals surface area contributed by atoms with E-state index in [1.54, 1.807) is 18.3 Å². The standard InChI is InChI=1S/C18H10ClFN6S/c1-9-4-14(24-8-23-9)26-17-16-13(2-3-22-17)25-18(27-16)15-11(19)5-10(7-21)6-12(15)20/h2-6,8H,1H3,(H,22,23,24,26). The average Bonchev–Trinajstić information content (AvgIpc) is 3.05. The third kappa shape index (κ3) is 3.30. The Kier molecular flexibility index (Phi) is 4.39. The normalized spacial score (nSPS) is 10.7. The summed E-state index contributed by atoms with van der Waals surface area (Å²) in [5.74, 6) is 0.562. The van der Waals surface area contributed by atoms with Gasteiger partial charge in [0, 0.05) is 18.0 Å². The van der Waals surface area contributed by atoms with Gasteiger partial charge in [-0.3, -0.25) is 0 Å². The van der Waals surface area contributed by atoms with Crippen LogP contribution >= 0.6 is 22.9 Å². The maximum atomic E-state index is 14.5. The fourth-order valence-corrected chi connectivity index (χ4v) is 3.96. The molecule has 132 valence electrons. The highest BCUT2D eigenvalue weighted by atomic mass is 35.5. The van der Waals surface area contributed by atoms with Crippen LogP contribution in [-0.2, 0) is 0 Å². The van der Waals surface area contributed by atoms with Crippen molar-refractivity contribution in [1.29, 1.82) is 5.26 Å². The molecule has 4 aromatic rings. The topological polar surface area (TPSA) is 87.4 Å². The van der Waals surface area contributed by atoms with Crippen LogP contribution in [-0.4, -0.2) is 19.9 Å². The van der Waals surface area contributed by atoms with Crippen molar-refractivity contribution in [1.82, 2.24) is 19.9 Å². The second kappa shape index (κ2) is 6.87. The molecule has 0 amide bonds. The first-order valence-electron chi connectivity index (χ1n) is 7.76. The molecule has 0 radical (unpaired) electrons. The van der Waals surface area contributed by atoms with Crippen LogP contribution in [0.2, 0.25) is 5.02 Å². The highest BCUT2D eigenvalue weighted by Crippen LogP contribution is 2.39. The maximum absolute atomic E-state index is 14.5. The van der Waals surface area contributed by atoms with Crippen molar-refractivity contribution in [2.75, 3.05) is 5.32 Å². The van der Waals surface area contributed by atoms with Gasteiger partial charge in [0.05, 0.1) is 32.4 Å². The van der Waals surface area contributed by atoms with E-state index in [0.717, 1.165) is 16.5 Å². The molecular weight excluding hydrogens is 387 g/mol. The molecule has 3 heterocycles. The van der Waals surface area contributed by atoms with Gasteiger partial charge in [-0.15, -0.1) is 11.3 Å². The van der Waals surface area contributed by atoms with E-state index in [1.807, 2.05) is 13.0 Å². The van der Waals surface area contributed by atoms with E-state index in [0.29, 0.717) is 22.2 Å². The molecule has 0 aliphatic carbocycles. The number of anilines is 2. The Morgan fingerprint density at radius 2 is 2.07 bits per heavy atom. The van der Waals surface area contributed by atoms with Gasteiger partial charge in [-0.05, 0) is 25.1 Å². The quantitative estimate of drug-likeness (QED) is 0.531. The zero-order valence-corrected chi connectivity index (χ0v) is 15.4. The smallest absolute Gasteiger partial charge is 0.151 e. The molecule has 1 aromatic carbocycles. The Morgan fingerprint density at radius 1 is 1.22 bits per heavy atom. The van der Waals surface area contributed by atoms with Crippen molar-refractivity contribution in [3.05, 3.63) is 58.9 Å². The molecule has 4 rings (SSSR count). The molecule has 27 heavy (non-hydrogen) atoms. The third-order valence-electron chi connectivity index (χ3n) is 3.74. The van der Waals surface area contributed by atoms with E-state index in [9.17, 15) is 4.39 Å². The number of pyridine rings is 1. The summed E-state index contributed by atoms with van der Waals surface area (Å²) in [7, 11) is 0. The van der Waals surface area contributed by atoms with Gasteiger partial charge in [0.25, 0.3) is 0 Å².